The lowest BCUT2D eigenvalue weighted by molar-refractivity contribution is -0.129. The predicted molar refractivity (Wildman–Crippen MR) is 84.1 cm³/mol. The second kappa shape index (κ2) is 7.15. The summed E-state index contributed by atoms with van der Waals surface area (Å²) in [6.07, 6.45) is -8.79. The van der Waals surface area contributed by atoms with Crippen molar-refractivity contribution in [3.05, 3.63) is 6.33 Å². The highest BCUT2D eigenvalue weighted by molar-refractivity contribution is 7.99. The van der Waals surface area contributed by atoms with E-state index in [0.29, 0.717) is 0 Å². The number of rotatable bonds is 5. The van der Waals surface area contributed by atoms with Gasteiger partial charge in [0.25, 0.3) is 0 Å². The Bertz CT molecular complexity index is 789. The Morgan fingerprint density at radius 2 is 2.00 bits per heavy atom. The minimum atomic E-state index is -4.29. The van der Waals surface area contributed by atoms with Crippen LogP contribution >= 0.6 is 11.8 Å². The first kappa shape index (κ1) is 19.1. The molecule has 0 aliphatic carbocycles. The normalized spacial score (nSPS) is 26.7. The third-order valence-electron chi connectivity index (χ3n) is 3.84. The van der Waals surface area contributed by atoms with Crippen LogP contribution in [0.25, 0.3) is 11.2 Å². The summed E-state index contributed by atoms with van der Waals surface area (Å²) in [7, 11) is 0. The fourth-order valence-electron chi connectivity index (χ4n) is 2.54. The lowest BCUT2D eigenvalue weighted by Gasteiger charge is -2.16. The number of aliphatic hydroxyl groups excluding tert-OH is 3. The minimum absolute atomic E-state index is 0.0211. The van der Waals surface area contributed by atoms with E-state index in [1.54, 1.807) is 0 Å². The van der Waals surface area contributed by atoms with E-state index < -0.39 is 43.7 Å². The summed E-state index contributed by atoms with van der Waals surface area (Å²) in [5, 5.41) is 29.2. The van der Waals surface area contributed by atoms with Crippen molar-refractivity contribution in [1.82, 2.24) is 19.5 Å². The van der Waals surface area contributed by atoms with Crippen LogP contribution in [0.1, 0.15) is 12.6 Å². The first-order chi connectivity index (χ1) is 12.2. The number of alkyl halides is 3. The molecule has 0 bridgehead atoms. The number of imidazole rings is 1. The molecule has 5 N–H and O–H groups in total. The number of nitrogens with two attached hydrogens (primary N) is 1. The number of nitrogen functional groups attached to an aromatic ring is 1. The number of fused-ring (bicyclic) bond motifs is 1. The Morgan fingerprint density at radius 3 is 2.62 bits per heavy atom. The molecule has 13 heteroatoms. The van der Waals surface area contributed by atoms with Crippen molar-refractivity contribution in [3.8, 4) is 0 Å². The molecule has 0 spiro atoms. The van der Waals surface area contributed by atoms with Gasteiger partial charge in [0.1, 0.15) is 23.8 Å². The molecular weight excluding hydrogens is 379 g/mol. The lowest BCUT2D eigenvalue weighted by atomic mass is 10.1. The molecule has 1 aliphatic heterocycles. The van der Waals surface area contributed by atoms with Gasteiger partial charge in [0.2, 0.25) is 0 Å². The molecule has 9 nitrogen and oxygen atoms in total. The highest BCUT2D eigenvalue weighted by Gasteiger charge is 2.44. The van der Waals surface area contributed by atoms with Gasteiger partial charge in [-0.05, 0) is 0 Å². The van der Waals surface area contributed by atoms with Crippen molar-refractivity contribution in [2.75, 3.05) is 18.1 Å². The molecule has 2 unspecified atom stereocenters. The van der Waals surface area contributed by atoms with E-state index in [4.69, 9.17) is 10.5 Å². The molecule has 4 atom stereocenters. The Morgan fingerprint density at radius 1 is 1.27 bits per heavy atom. The van der Waals surface area contributed by atoms with Crippen molar-refractivity contribution in [3.63, 3.8) is 0 Å². The smallest absolute Gasteiger partial charge is 0.389 e. The number of aromatic nitrogens is 4. The molecule has 3 heterocycles. The molecule has 0 amide bonds. The van der Waals surface area contributed by atoms with Crippen LogP contribution in [0.4, 0.5) is 19.0 Å². The lowest BCUT2D eigenvalue weighted by Crippen LogP contribution is -2.33. The maximum absolute atomic E-state index is 12.3. The summed E-state index contributed by atoms with van der Waals surface area (Å²) >= 11 is 0.781. The zero-order valence-corrected chi connectivity index (χ0v) is 14.0. The Kier molecular flexibility index (Phi) is 5.25. The van der Waals surface area contributed by atoms with Gasteiger partial charge >= 0.3 is 6.18 Å². The van der Waals surface area contributed by atoms with Gasteiger partial charge in [-0.25, -0.2) is 15.0 Å². The van der Waals surface area contributed by atoms with Crippen molar-refractivity contribution in [2.24, 2.45) is 0 Å². The second-order valence-corrected chi connectivity index (χ2v) is 6.72. The number of thioether (sulfide) groups is 1. The van der Waals surface area contributed by atoms with E-state index in [2.05, 4.69) is 15.0 Å². The highest BCUT2D eigenvalue weighted by atomic mass is 32.2. The van der Waals surface area contributed by atoms with E-state index in [1.807, 2.05) is 0 Å². The summed E-state index contributed by atoms with van der Waals surface area (Å²) in [5.41, 5.74) is 6.11. The first-order valence-corrected chi connectivity index (χ1v) is 8.52. The largest absolute Gasteiger partial charge is 0.394 e. The zero-order valence-electron chi connectivity index (χ0n) is 13.2. The molecule has 0 radical (unpaired) electrons. The van der Waals surface area contributed by atoms with Crippen LogP contribution in [0.15, 0.2) is 11.5 Å². The molecule has 26 heavy (non-hydrogen) atoms. The van der Waals surface area contributed by atoms with Crippen LogP contribution in [-0.2, 0) is 4.74 Å². The third kappa shape index (κ3) is 3.71. The topological polar surface area (TPSA) is 140 Å². The summed E-state index contributed by atoms with van der Waals surface area (Å²) in [6, 6.07) is 0. The summed E-state index contributed by atoms with van der Waals surface area (Å²) in [4.78, 5) is 12.1. The van der Waals surface area contributed by atoms with E-state index in [0.717, 1.165) is 11.8 Å². The molecule has 0 aromatic carbocycles. The van der Waals surface area contributed by atoms with Crippen LogP contribution in [0.5, 0.6) is 0 Å². The summed E-state index contributed by atoms with van der Waals surface area (Å²) in [5.74, 6) is -0.314. The van der Waals surface area contributed by atoms with E-state index in [9.17, 15) is 28.5 Å². The quantitative estimate of drug-likeness (QED) is 0.409. The van der Waals surface area contributed by atoms with E-state index >= 15 is 0 Å². The Balaban J connectivity index is 1.88. The van der Waals surface area contributed by atoms with E-state index in [-0.39, 0.29) is 27.9 Å². The number of nitrogens with zero attached hydrogens (tertiary/aromatic N) is 4. The molecule has 1 fully saturated rings. The zero-order chi connectivity index (χ0) is 19.1. The van der Waals surface area contributed by atoms with Crippen LogP contribution < -0.4 is 5.73 Å². The van der Waals surface area contributed by atoms with Crippen LogP contribution in [0.3, 0.4) is 0 Å². The average molecular weight is 395 g/mol. The average Bonchev–Trinajstić information content (AvgIpc) is 3.09. The standard InChI is InChI=1S/C13H16F3N5O4S/c14-13(15,16)1-2-26-12-19-9(17)6-10(20-12)21(4-18-6)11-8(24)7(23)5(3-22)25-11/h4-5,7-8,11,22-24H,1-3H2,(H2,17,19,20)/t5?,7-,8-,11?/m0/s1. The fraction of sp³-hybridized carbons (Fsp3) is 0.615. The third-order valence-corrected chi connectivity index (χ3v) is 4.68. The van der Waals surface area contributed by atoms with Crippen LogP contribution in [-0.4, -0.2) is 71.7 Å². The van der Waals surface area contributed by atoms with Gasteiger partial charge in [0.15, 0.2) is 22.8 Å². The van der Waals surface area contributed by atoms with Gasteiger partial charge < -0.3 is 25.8 Å². The van der Waals surface area contributed by atoms with Gasteiger partial charge in [0.05, 0.1) is 19.4 Å². The number of hydrogen-bond acceptors (Lipinski definition) is 9. The number of aliphatic hydroxyl groups is 3. The fourth-order valence-corrected chi connectivity index (χ4v) is 3.37. The Hall–Kier alpha value is -1.67. The molecule has 2 aromatic rings. The molecule has 3 rings (SSSR count). The molecule has 2 aromatic heterocycles. The maximum atomic E-state index is 12.3. The van der Waals surface area contributed by atoms with Crippen molar-refractivity contribution < 1.29 is 33.2 Å². The van der Waals surface area contributed by atoms with Crippen molar-refractivity contribution in [2.45, 2.75) is 42.3 Å². The molecule has 144 valence electrons. The van der Waals surface area contributed by atoms with Gasteiger partial charge in [-0.3, -0.25) is 4.57 Å². The predicted octanol–water partition coefficient (Wildman–Crippen LogP) is 0.0645. The van der Waals surface area contributed by atoms with Gasteiger partial charge in [-0.2, -0.15) is 13.2 Å². The van der Waals surface area contributed by atoms with Gasteiger partial charge in [-0.15, -0.1) is 0 Å². The number of halogens is 3. The summed E-state index contributed by atoms with van der Waals surface area (Å²) in [6.45, 7) is -0.503. The van der Waals surface area contributed by atoms with Gasteiger partial charge in [-0.1, -0.05) is 11.8 Å². The van der Waals surface area contributed by atoms with Crippen LogP contribution in [0, 0.1) is 0 Å². The summed E-state index contributed by atoms with van der Waals surface area (Å²) < 4.78 is 43.5. The minimum Gasteiger partial charge on any atom is -0.394 e. The number of hydrogen-bond donors (Lipinski definition) is 4. The molecule has 1 aliphatic rings. The number of anilines is 1. The van der Waals surface area contributed by atoms with Crippen LogP contribution in [0.2, 0.25) is 0 Å². The van der Waals surface area contributed by atoms with Crippen molar-refractivity contribution >= 4 is 28.7 Å². The molecule has 0 saturated carbocycles. The van der Waals surface area contributed by atoms with Crippen molar-refractivity contribution in [1.29, 1.82) is 0 Å². The van der Waals surface area contributed by atoms with Gasteiger partial charge in [0, 0.05) is 5.75 Å². The first-order valence-electron chi connectivity index (χ1n) is 7.53. The monoisotopic (exact) mass is 395 g/mol. The second-order valence-electron chi connectivity index (χ2n) is 5.66. The highest BCUT2D eigenvalue weighted by Crippen LogP contribution is 2.33. The number of ether oxygens (including phenoxy) is 1. The Labute approximate surface area is 149 Å². The van der Waals surface area contributed by atoms with E-state index in [1.165, 1.54) is 10.9 Å². The maximum Gasteiger partial charge on any atom is 0.389 e. The molecule has 1 saturated heterocycles. The molecular formula is C13H16F3N5O4S. The SMILES string of the molecule is Nc1nc(SCCC(F)(F)F)nc2c1ncn2C1OC(CO)[C@H](O)[C@@H]1O.